The Hall–Kier alpha value is -0.770. The van der Waals surface area contributed by atoms with Gasteiger partial charge in [-0.2, -0.15) is 0 Å². The molecule has 1 atom stereocenters. The Kier molecular flexibility index (Phi) is 7.21. The molecule has 0 saturated carbocycles. The third-order valence-corrected chi connectivity index (χ3v) is 3.51. The first kappa shape index (κ1) is 16.3. The van der Waals surface area contributed by atoms with Crippen LogP contribution in [0.3, 0.4) is 0 Å². The summed E-state index contributed by atoms with van der Waals surface area (Å²) in [5.41, 5.74) is 6.34. The number of benzene rings is 1. The Labute approximate surface area is 124 Å². The molecule has 0 fully saturated rings. The summed E-state index contributed by atoms with van der Waals surface area (Å²) < 4.78 is 0. The SMILES string of the molecule is CC(Cc1ccc(Cl)cc1Cl)C(=O)NCCCCN. The van der Waals surface area contributed by atoms with Gasteiger partial charge in [-0.3, -0.25) is 4.79 Å². The minimum Gasteiger partial charge on any atom is -0.356 e. The second-order valence-corrected chi connectivity index (χ2v) is 5.47. The summed E-state index contributed by atoms with van der Waals surface area (Å²) in [5.74, 6) is -0.0698. The highest BCUT2D eigenvalue weighted by Gasteiger charge is 2.14. The molecule has 106 valence electrons. The predicted molar refractivity (Wildman–Crippen MR) is 80.6 cm³/mol. The van der Waals surface area contributed by atoms with Crippen molar-refractivity contribution in [3.8, 4) is 0 Å². The molecular weight excluding hydrogens is 283 g/mol. The van der Waals surface area contributed by atoms with E-state index in [0.29, 0.717) is 29.6 Å². The van der Waals surface area contributed by atoms with E-state index in [0.717, 1.165) is 18.4 Å². The number of nitrogens with two attached hydrogens (primary N) is 1. The molecule has 1 rings (SSSR count). The van der Waals surface area contributed by atoms with Crippen LogP contribution in [0.15, 0.2) is 18.2 Å². The molecule has 19 heavy (non-hydrogen) atoms. The first-order valence-corrected chi connectivity index (χ1v) is 7.22. The number of halogens is 2. The van der Waals surface area contributed by atoms with E-state index in [9.17, 15) is 4.79 Å². The second kappa shape index (κ2) is 8.41. The van der Waals surface area contributed by atoms with E-state index in [-0.39, 0.29) is 11.8 Å². The Morgan fingerprint density at radius 2 is 2.11 bits per heavy atom. The highest BCUT2D eigenvalue weighted by atomic mass is 35.5. The third kappa shape index (κ3) is 5.81. The van der Waals surface area contributed by atoms with Crippen LogP contribution in [0.2, 0.25) is 10.0 Å². The molecule has 0 heterocycles. The Bertz CT molecular complexity index is 424. The number of carbonyl (C=O) groups is 1. The quantitative estimate of drug-likeness (QED) is 0.761. The van der Waals surface area contributed by atoms with E-state index < -0.39 is 0 Å². The fourth-order valence-electron chi connectivity index (χ4n) is 1.76. The molecule has 0 aliphatic rings. The molecule has 0 aromatic heterocycles. The molecule has 0 aliphatic heterocycles. The minimum atomic E-state index is -0.114. The molecule has 1 aromatic rings. The lowest BCUT2D eigenvalue weighted by Crippen LogP contribution is -2.31. The number of unbranched alkanes of at least 4 members (excludes halogenated alkanes) is 1. The van der Waals surface area contributed by atoms with E-state index >= 15 is 0 Å². The van der Waals surface area contributed by atoms with Gasteiger partial charge in [0, 0.05) is 22.5 Å². The van der Waals surface area contributed by atoms with E-state index in [2.05, 4.69) is 5.32 Å². The Morgan fingerprint density at radius 3 is 2.74 bits per heavy atom. The standard InChI is InChI=1S/C14H20Cl2N2O/c1-10(14(19)18-7-3-2-6-17)8-11-4-5-12(15)9-13(11)16/h4-5,9-10H,2-3,6-8,17H2,1H3,(H,18,19). The molecule has 3 nitrogen and oxygen atoms in total. The summed E-state index contributed by atoms with van der Waals surface area (Å²) in [6, 6.07) is 5.35. The van der Waals surface area contributed by atoms with E-state index in [1.54, 1.807) is 12.1 Å². The third-order valence-electron chi connectivity index (χ3n) is 2.92. The van der Waals surface area contributed by atoms with Crippen LogP contribution in [-0.2, 0) is 11.2 Å². The monoisotopic (exact) mass is 302 g/mol. The van der Waals surface area contributed by atoms with Crippen molar-refractivity contribution in [3.63, 3.8) is 0 Å². The van der Waals surface area contributed by atoms with Crippen LogP contribution in [-0.4, -0.2) is 19.0 Å². The molecule has 0 spiro atoms. The molecular formula is C14H20Cl2N2O. The minimum absolute atomic E-state index is 0.0445. The van der Waals surface area contributed by atoms with Crippen LogP contribution >= 0.6 is 23.2 Å². The highest BCUT2D eigenvalue weighted by molar-refractivity contribution is 6.35. The fourth-order valence-corrected chi connectivity index (χ4v) is 2.25. The zero-order valence-corrected chi connectivity index (χ0v) is 12.6. The number of amides is 1. The average molecular weight is 303 g/mol. The molecule has 5 heteroatoms. The van der Waals surface area contributed by atoms with Gasteiger partial charge >= 0.3 is 0 Å². The van der Waals surface area contributed by atoms with Crippen LogP contribution in [0, 0.1) is 5.92 Å². The van der Waals surface area contributed by atoms with Crippen LogP contribution < -0.4 is 11.1 Å². The van der Waals surface area contributed by atoms with Gasteiger partial charge in [0.05, 0.1) is 0 Å². The second-order valence-electron chi connectivity index (χ2n) is 4.63. The number of rotatable bonds is 7. The molecule has 1 unspecified atom stereocenters. The van der Waals surface area contributed by atoms with Crippen molar-refractivity contribution < 1.29 is 4.79 Å². The molecule has 3 N–H and O–H groups in total. The summed E-state index contributed by atoms with van der Waals surface area (Å²) >= 11 is 11.9. The number of nitrogens with one attached hydrogen (secondary N) is 1. The average Bonchev–Trinajstić information content (AvgIpc) is 2.37. The maximum absolute atomic E-state index is 11.9. The summed E-state index contributed by atoms with van der Waals surface area (Å²) in [4.78, 5) is 11.9. The van der Waals surface area contributed by atoms with Gasteiger partial charge in [0.2, 0.25) is 5.91 Å². The lowest BCUT2D eigenvalue weighted by Gasteiger charge is -2.13. The van der Waals surface area contributed by atoms with E-state index in [1.807, 2.05) is 13.0 Å². The van der Waals surface area contributed by atoms with Gasteiger partial charge in [0.25, 0.3) is 0 Å². The van der Waals surface area contributed by atoms with Gasteiger partial charge in [0.15, 0.2) is 0 Å². The first-order chi connectivity index (χ1) is 9.04. The van der Waals surface area contributed by atoms with Crippen LogP contribution in [0.5, 0.6) is 0 Å². The van der Waals surface area contributed by atoms with Crippen LogP contribution in [0.4, 0.5) is 0 Å². The Morgan fingerprint density at radius 1 is 1.37 bits per heavy atom. The van der Waals surface area contributed by atoms with Gasteiger partial charge < -0.3 is 11.1 Å². The molecule has 0 radical (unpaired) electrons. The largest absolute Gasteiger partial charge is 0.356 e. The van der Waals surface area contributed by atoms with Crippen molar-refractivity contribution in [2.24, 2.45) is 11.7 Å². The van der Waals surface area contributed by atoms with Crippen molar-refractivity contribution in [2.45, 2.75) is 26.2 Å². The highest BCUT2D eigenvalue weighted by Crippen LogP contribution is 2.23. The normalized spacial score (nSPS) is 12.2. The van der Waals surface area contributed by atoms with Crippen molar-refractivity contribution in [3.05, 3.63) is 33.8 Å². The van der Waals surface area contributed by atoms with E-state index in [1.165, 1.54) is 0 Å². The van der Waals surface area contributed by atoms with Crippen molar-refractivity contribution in [1.29, 1.82) is 0 Å². The van der Waals surface area contributed by atoms with Gasteiger partial charge in [-0.05, 0) is 43.5 Å². The summed E-state index contributed by atoms with van der Waals surface area (Å²) in [7, 11) is 0. The maximum Gasteiger partial charge on any atom is 0.223 e. The molecule has 0 saturated heterocycles. The van der Waals surface area contributed by atoms with Crippen molar-refractivity contribution >= 4 is 29.1 Å². The van der Waals surface area contributed by atoms with Crippen LogP contribution in [0.1, 0.15) is 25.3 Å². The van der Waals surface area contributed by atoms with E-state index in [4.69, 9.17) is 28.9 Å². The number of carbonyl (C=O) groups excluding carboxylic acids is 1. The Balaban J connectivity index is 2.45. The number of hydrogen-bond donors (Lipinski definition) is 2. The summed E-state index contributed by atoms with van der Waals surface area (Å²) in [6.45, 7) is 3.23. The topological polar surface area (TPSA) is 55.1 Å². The smallest absolute Gasteiger partial charge is 0.223 e. The zero-order valence-electron chi connectivity index (χ0n) is 11.1. The summed E-state index contributed by atoms with van der Waals surface area (Å²) in [5, 5.41) is 4.12. The zero-order chi connectivity index (χ0) is 14.3. The fraction of sp³-hybridized carbons (Fsp3) is 0.500. The molecule has 0 aliphatic carbocycles. The lowest BCUT2D eigenvalue weighted by atomic mass is 10.0. The van der Waals surface area contributed by atoms with Crippen LogP contribution in [0.25, 0.3) is 0 Å². The van der Waals surface area contributed by atoms with Gasteiger partial charge in [-0.1, -0.05) is 36.2 Å². The maximum atomic E-state index is 11.9. The molecule has 1 amide bonds. The lowest BCUT2D eigenvalue weighted by molar-refractivity contribution is -0.124. The first-order valence-electron chi connectivity index (χ1n) is 6.46. The summed E-state index contributed by atoms with van der Waals surface area (Å²) in [6.07, 6.45) is 2.45. The van der Waals surface area contributed by atoms with Gasteiger partial charge in [0.1, 0.15) is 0 Å². The van der Waals surface area contributed by atoms with Crippen molar-refractivity contribution in [2.75, 3.05) is 13.1 Å². The van der Waals surface area contributed by atoms with Crippen molar-refractivity contribution in [1.82, 2.24) is 5.32 Å². The van der Waals surface area contributed by atoms with Gasteiger partial charge in [-0.15, -0.1) is 0 Å². The molecule has 0 bridgehead atoms. The predicted octanol–water partition coefficient (Wildman–Crippen LogP) is 3.03. The number of hydrogen-bond acceptors (Lipinski definition) is 2. The van der Waals surface area contributed by atoms with Gasteiger partial charge in [-0.25, -0.2) is 0 Å². The molecule has 1 aromatic carbocycles.